The molecule has 1 atom stereocenters. The van der Waals surface area contributed by atoms with Crippen molar-refractivity contribution in [3.63, 3.8) is 0 Å². The molecule has 102 valence electrons. The second kappa shape index (κ2) is 5.27. The molecule has 0 spiro atoms. The number of hydrogen-bond donors (Lipinski definition) is 0. The van der Waals surface area contributed by atoms with E-state index in [4.69, 9.17) is 4.98 Å². The molecule has 0 radical (unpaired) electrons. The normalized spacial score (nSPS) is 11.2. The van der Waals surface area contributed by atoms with Gasteiger partial charge in [0.1, 0.15) is 5.01 Å². The number of nitrogens with zero attached hydrogens (tertiary/aromatic N) is 1. The van der Waals surface area contributed by atoms with Crippen LogP contribution in [0.5, 0.6) is 0 Å². The van der Waals surface area contributed by atoms with Crippen molar-refractivity contribution in [2.24, 2.45) is 0 Å². The van der Waals surface area contributed by atoms with E-state index >= 15 is 0 Å². The minimum atomic E-state index is 1.01. The molecule has 3 heteroatoms. The van der Waals surface area contributed by atoms with Gasteiger partial charge in [-0.25, -0.2) is 4.98 Å². The van der Waals surface area contributed by atoms with Gasteiger partial charge in [0, 0.05) is 5.56 Å². The molecular weight excluding hydrogens is 281 g/mol. The molecule has 0 aliphatic heterocycles. The summed E-state index contributed by atoms with van der Waals surface area (Å²) in [5.74, 6) is 0. The van der Waals surface area contributed by atoms with Crippen LogP contribution in [0.25, 0.3) is 20.8 Å². The first-order valence-electron chi connectivity index (χ1n) is 6.77. The van der Waals surface area contributed by atoms with E-state index in [0.717, 1.165) is 16.7 Å². The van der Waals surface area contributed by atoms with Gasteiger partial charge in [0.2, 0.25) is 0 Å². The Labute approximate surface area is 126 Å². The highest BCUT2D eigenvalue weighted by Crippen LogP contribution is 2.34. The molecule has 0 amide bonds. The quantitative estimate of drug-likeness (QED) is 0.588. The van der Waals surface area contributed by atoms with Crippen LogP contribution in [-0.2, 0) is 6.16 Å². The largest absolute Gasteiger partial charge is 0.236 e. The third-order valence-electron chi connectivity index (χ3n) is 3.89. The lowest BCUT2D eigenvalue weighted by Gasteiger charge is -2.10. The Hall–Kier alpha value is -1.24. The Bertz CT molecular complexity index is 789. The lowest BCUT2D eigenvalue weighted by molar-refractivity contribution is 1.24. The summed E-state index contributed by atoms with van der Waals surface area (Å²) < 4.78 is 1.27. The maximum Gasteiger partial charge on any atom is 0.124 e. The van der Waals surface area contributed by atoms with Crippen molar-refractivity contribution < 1.29 is 0 Å². The van der Waals surface area contributed by atoms with Gasteiger partial charge in [-0.15, -0.1) is 20.6 Å². The number of aryl methyl sites for hydroxylation is 1. The van der Waals surface area contributed by atoms with Gasteiger partial charge in [0.05, 0.1) is 10.2 Å². The fourth-order valence-corrected chi connectivity index (χ4v) is 4.07. The summed E-state index contributed by atoms with van der Waals surface area (Å²) in [5.41, 5.74) is 7.78. The zero-order chi connectivity index (χ0) is 14.3. The molecular formula is C17H18NPS. The van der Waals surface area contributed by atoms with Crippen LogP contribution in [0.1, 0.15) is 22.3 Å². The van der Waals surface area contributed by atoms with E-state index in [1.54, 1.807) is 11.3 Å². The first-order chi connectivity index (χ1) is 9.60. The van der Waals surface area contributed by atoms with Gasteiger partial charge in [-0.3, -0.25) is 0 Å². The molecule has 1 nitrogen and oxygen atoms in total. The van der Waals surface area contributed by atoms with E-state index in [9.17, 15) is 0 Å². The first kappa shape index (κ1) is 13.7. The number of fused-ring (bicyclic) bond motifs is 1. The van der Waals surface area contributed by atoms with Crippen molar-refractivity contribution in [2.75, 3.05) is 0 Å². The predicted molar refractivity (Wildman–Crippen MR) is 92.7 cm³/mol. The molecule has 1 aromatic heterocycles. The van der Waals surface area contributed by atoms with Gasteiger partial charge >= 0.3 is 0 Å². The van der Waals surface area contributed by atoms with Crippen LogP contribution in [0.3, 0.4) is 0 Å². The molecule has 0 bridgehead atoms. The number of rotatable bonds is 2. The lowest BCUT2D eigenvalue weighted by atomic mass is 9.99. The Balaban J connectivity index is 2.18. The molecule has 0 fully saturated rings. The van der Waals surface area contributed by atoms with Gasteiger partial charge in [0.15, 0.2) is 0 Å². The third-order valence-corrected chi connectivity index (χ3v) is 5.38. The second-order valence-electron chi connectivity index (χ2n) is 5.22. The van der Waals surface area contributed by atoms with Gasteiger partial charge < -0.3 is 0 Å². The van der Waals surface area contributed by atoms with E-state index < -0.39 is 0 Å². The number of hydrogen-bond acceptors (Lipinski definition) is 2. The summed E-state index contributed by atoms with van der Waals surface area (Å²) in [6, 6.07) is 10.9. The Morgan fingerprint density at radius 3 is 2.60 bits per heavy atom. The SMILES string of the molecule is Cc1ccc2nc(-c3ccc(CP)c(C)c3C)sc2c1. The third kappa shape index (κ3) is 2.28. The smallest absolute Gasteiger partial charge is 0.124 e. The molecule has 0 aliphatic rings. The highest BCUT2D eigenvalue weighted by atomic mass is 32.1. The van der Waals surface area contributed by atoms with E-state index in [-0.39, 0.29) is 0 Å². The molecule has 0 N–H and O–H groups in total. The van der Waals surface area contributed by atoms with Crippen LogP contribution in [0, 0.1) is 20.8 Å². The average Bonchev–Trinajstić information content (AvgIpc) is 2.84. The summed E-state index contributed by atoms with van der Waals surface area (Å²) in [7, 11) is 2.80. The van der Waals surface area contributed by atoms with E-state index in [2.05, 4.69) is 60.3 Å². The molecule has 2 aromatic carbocycles. The summed E-state index contributed by atoms with van der Waals surface area (Å²) in [5, 5.41) is 1.13. The Morgan fingerprint density at radius 2 is 1.85 bits per heavy atom. The average molecular weight is 299 g/mol. The molecule has 1 heterocycles. The first-order valence-corrected chi connectivity index (χ1v) is 8.40. The fraction of sp³-hybridized carbons (Fsp3) is 0.235. The Kier molecular flexibility index (Phi) is 3.62. The van der Waals surface area contributed by atoms with Crippen LogP contribution in [0.4, 0.5) is 0 Å². The standard InChI is InChI=1S/C17H18NPS/c1-10-4-7-15-16(8-10)20-17(18-15)14-6-5-13(9-19)11(2)12(14)3/h4-8H,9,19H2,1-3H3. The molecule has 0 aliphatic carbocycles. The van der Waals surface area contributed by atoms with E-state index in [0.29, 0.717) is 0 Å². The fourth-order valence-electron chi connectivity index (χ4n) is 2.48. The number of thiazole rings is 1. The van der Waals surface area contributed by atoms with Crippen molar-refractivity contribution in [3.05, 3.63) is 52.6 Å². The van der Waals surface area contributed by atoms with Crippen molar-refractivity contribution in [1.29, 1.82) is 0 Å². The Morgan fingerprint density at radius 1 is 1.05 bits per heavy atom. The maximum atomic E-state index is 4.79. The molecule has 3 rings (SSSR count). The van der Waals surface area contributed by atoms with Crippen LogP contribution >= 0.6 is 20.6 Å². The lowest BCUT2D eigenvalue weighted by Crippen LogP contribution is -1.92. The van der Waals surface area contributed by atoms with Crippen molar-refractivity contribution >= 4 is 30.8 Å². The highest BCUT2D eigenvalue weighted by Gasteiger charge is 2.11. The highest BCUT2D eigenvalue weighted by molar-refractivity contribution is 7.21. The number of benzene rings is 2. The van der Waals surface area contributed by atoms with Gasteiger partial charge in [-0.1, -0.05) is 18.2 Å². The van der Waals surface area contributed by atoms with Gasteiger partial charge in [-0.05, 0) is 61.3 Å². The molecule has 0 saturated heterocycles. The molecule has 1 unspecified atom stereocenters. The molecule has 20 heavy (non-hydrogen) atoms. The van der Waals surface area contributed by atoms with Gasteiger partial charge in [-0.2, -0.15) is 0 Å². The summed E-state index contributed by atoms with van der Waals surface area (Å²) >= 11 is 1.78. The monoisotopic (exact) mass is 299 g/mol. The van der Waals surface area contributed by atoms with Crippen LogP contribution < -0.4 is 0 Å². The van der Waals surface area contributed by atoms with Crippen molar-refractivity contribution in [3.8, 4) is 10.6 Å². The van der Waals surface area contributed by atoms with E-state index in [1.807, 2.05) is 0 Å². The summed E-state index contributed by atoms with van der Waals surface area (Å²) in [6.45, 7) is 6.53. The van der Waals surface area contributed by atoms with Crippen molar-refractivity contribution in [2.45, 2.75) is 26.9 Å². The van der Waals surface area contributed by atoms with Gasteiger partial charge in [0.25, 0.3) is 0 Å². The minimum absolute atomic E-state index is 1.01. The van der Waals surface area contributed by atoms with Crippen LogP contribution in [0.2, 0.25) is 0 Å². The summed E-state index contributed by atoms with van der Waals surface area (Å²) in [6.07, 6.45) is 1.01. The minimum Gasteiger partial charge on any atom is -0.236 e. The molecule has 3 aromatic rings. The van der Waals surface area contributed by atoms with Crippen LogP contribution in [0.15, 0.2) is 30.3 Å². The zero-order valence-corrected chi connectivity index (χ0v) is 14.0. The predicted octanol–water partition coefficient (Wildman–Crippen LogP) is 5.26. The molecule has 0 saturated carbocycles. The summed E-state index contributed by atoms with van der Waals surface area (Å²) in [4.78, 5) is 4.79. The van der Waals surface area contributed by atoms with E-state index in [1.165, 1.54) is 32.5 Å². The number of aromatic nitrogens is 1. The second-order valence-corrected chi connectivity index (χ2v) is 6.66. The topological polar surface area (TPSA) is 12.9 Å². The van der Waals surface area contributed by atoms with Crippen LogP contribution in [-0.4, -0.2) is 4.98 Å². The van der Waals surface area contributed by atoms with Crippen molar-refractivity contribution in [1.82, 2.24) is 4.98 Å². The zero-order valence-electron chi connectivity index (χ0n) is 12.0. The maximum absolute atomic E-state index is 4.79.